The molecule has 0 aromatic carbocycles. The molecule has 7 heteroatoms. The van der Waals surface area contributed by atoms with Crippen LogP contribution in [0.5, 0.6) is 0 Å². The number of thioether (sulfide) groups is 1. The van der Waals surface area contributed by atoms with Crippen LogP contribution in [0.2, 0.25) is 0 Å². The average molecular weight is 318 g/mol. The summed E-state index contributed by atoms with van der Waals surface area (Å²) in [5.41, 5.74) is 2.37. The van der Waals surface area contributed by atoms with Crippen LogP contribution in [-0.2, 0) is 0 Å². The molecule has 4 nitrogen and oxygen atoms in total. The summed E-state index contributed by atoms with van der Waals surface area (Å²) in [5.74, 6) is 6.73. The van der Waals surface area contributed by atoms with E-state index < -0.39 is 0 Å². The minimum atomic E-state index is 0. The predicted octanol–water partition coefficient (Wildman–Crippen LogP) is -3.31. The molecule has 15 heavy (non-hydrogen) atoms. The number of hydrogen-bond acceptors (Lipinski definition) is 2. The third-order valence-electron chi connectivity index (χ3n) is 1.19. The van der Waals surface area contributed by atoms with E-state index in [4.69, 9.17) is 17.4 Å². The highest BCUT2D eigenvalue weighted by atomic mass is 79.9. The zero-order chi connectivity index (χ0) is 10.8. The molecule has 0 aliphatic rings. The molecule has 4 N–H and O–H groups in total. The molecular formula is C8H18BrClN4S. The maximum Gasteiger partial charge on any atom is 0.354 e. The second-order valence-electron chi connectivity index (χ2n) is 2.92. The van der Waals surface area contributed by atoms with Crippen molar-refractivity contribution in [2.75, 3.05) is 11.6 Å². The molecule has 0 radical (unpaired) electrons. The largest absolute Gasteiger partial charge is 1.00 e. The molecule has 0 aromatic rings. The Hall–Kier alpha value is 0.220. The molecular weight excluding hydrogens is 300 g/mol. The number of alkyl halides is 1. The Bertz CT molecular complexity index is 199. The van der Waals surface area contributed by atoms with Crippen molar-refractivity contribution < 1.29 is 22.0 Å². The molecule has 0 saturated carbocycles. The van der Waals surface area contributed by atoms with Gasteiger partial charge in [0.2, 0.25) is 6.34 Å². The smallest absolute Gasteiger partial charge is 0.354 e. The van der Waals surface area contributed by atoms with Crippen LogP contribution in [0.15, 0.2) is 4.99 Å². The lowest BCUT2D eigenvalue weighted by Gasteiger charge is -1.96. The van der Waals surface area contributed by atoms with Crippen molar-refractivity contribution in [1.82, 2.24) is 5.43 Å². The van der Waals surface area contributed by atoms with Crippen molar-refractivity contribution in [3.05, 3.63) is 0 Å². The lowest BCUT2D eigenvalue weighted by molar-refractivity contribution is -0.491. The van der Waals surface area contributed by atoms with Gasteiger partial charge < -0.3 is 17.0 Å². The van der Waals surface area contributed by atoms with Gasteiger partial charge in [-0.1, -0.05) is 0 Å². The van der Waals surface area contributed by atoms with Gasteiger partial charge in [-0.15, -0.1) is 11.6 Å². The fourth-order valence-electron chi connectivity index (χ4n) is 0.682. The van der Waals surface area contributed by atoms with Gasteiger partial charge in [0.1, 0.15) is 0 Å². The number of rotatable bonds is 5. The maximum absolute atomic E-state index is 5.58. The maximum atomic E-state index is 5.58. The van der Waals surface area contributed by atoms with Crippen LogP contribution in [0.4, 0.5) is 0 Å². The quantitative estimate of drug-likeness (QED) is 0.124. The molecule has 90 valence electrons. The van der Waals surface area contributed by atoms with Crippen LogP contribution in [0.25, 0.3) is 0 Å². The summed E-state index contributed by atoms with van der Waals surface area (Å²) in [6.45, 7) is 4.13. The first-order valence-corrected chi connectivity index (χ1v) is 6.03. The van der Waals surface area contributed by atoms with Crippen molar-refractivity contribution in [3.8, 4) is 0 Å². The number of hydrazine groups is 1. The summed E-state index contributed by atoms with van der Waals surface area (Å²) in [5, 5.41) is 0.864. The van der Waals surface area contributed by atoms with Crippen LogP contribution in [0, 0.1) is 0 Å². The summed E-state index contributed by atoms with van der Waals surface area (Å²) < 4.78 is 0. The van der Waals surface area contributed by atoms with E-state index in [0.29, 0.717) is 11.9 Å². The number of aliphatic imine (C=N–C) groups is 1. The Morgan fingerprint density at radius 2 is 2.33 bits per heavy atom. The van der Waals surface area contributed by atoms with Gasteiger partial charge in [-0.2, -0.15) is 0 Å². The topological polar surface area (TPSA) is 64.4 Å². The first-order valence-electron chi connectivity index (χ1n) is 4.51. The number of hydrogen-bond donors (Lipinski definition) is 3. The average Bonchev–Trinajstić information content (AvgIpc) is 2.13. The molecule has 0 aliphatic carbocycles. The highest BCUT2D eigenvalue weighted by Gasteiger charge is 2.06. The highest BCUT2D eigenvalue weighted by Crippen LogP contribution is 2.03. The van der Waals surface area contributed by atoms with Crippen LogP contribution >= 0.6 is 23.4 Å². The Morgan fingerprint density at radius 1 is 1.67 bits per heavy atom. The van der Waals surface area contributed by atoms with Gasteiger partial charge in [-0.25, -0.2) is 5.84 Å². The minimum absolute atomic E-state index is 0. The summed E-state index contributed by atoms with van der Waals surface area (Å²) >= 11 is 7.22. The van der Waals surface area contributed by atoms with Crippen molar-refractivity contribution in [2.24, 2.45) is 10.8 Å². The van der Waals surface area contributed by atoms with Crippen LogP contribution in [0.3, 0.4) is 0 Å². The van der Waals surface area contributed by atoms with Gasteiger partial charge in [0.25, 0.3) is 0 Å². The molecule has 0 saturated heterocycles. The molecule has 0 rings (SSSR count). The number of amidine groups is 1. The summed E-state index contributed by atoms with van der Waals surface area (Å²) in [6.07, 6.45) is 2.43. The SMILES string of the molecule is CC(C)[NH+]=C(/N=C/NN)SCCCCl.[Br-]. The van der Waals surface area contributed by atoms with Crippen LogP contribution in [0.1, 0.15) is 20.3 Å². The number of nitrogens with two attached hydrogens (primary N) is 1. The van der Waals surface area contributed by atoms with Crippen molar-refractivity contribution in [3.63, 3.8) is 0 Å². The van der Waals surface area contributed by atoms with E-state index >= 15 is 0 Å². The van der Waals surface area contributed by atoms with Gasteiger partial charge in [-0.3, -0.25) is 10.4 Å². The van der Waals surface area contributed by atoms with Gasteiger partial charge >= 0.3 is 5.17 Å². The third kappa shape index (κ3) is 12.2. The van der Waals surface area contributed by atoms with E-state index in [1.807, 2.05) is 0 Å². The fraction of sp³-hybridized carbons (Fsp3) is 0.750. The first-order chi connectivity index (χ1) is 6.70. The Morgan fingerprint density at radius 3 is 2.80 bits per heavy atom. The van der Waals surface area contributed by atoms with E-state index in [0.717, 1.165) is 17.3 Å². The zero-order valence-corrected chi connectivity index (χ0v) is 12.1. The molecule has 0 fully saturated rings. The summed E-state index contributed by atoms with van der Waals surface area (Å²) in [7, 11) is 0. The molecule has 0 heterocycles. The van der Waals surface area contributed by atoms with E-state index in [2.05, 4.69) is 29.3 Å². The standard InChI is InChI=1S/C8H17ClN4S.BrH/c1-7(2)13-8(11-6-12-10)14-5-3-4-9;/h6-7H,3-5,10H2,1-2H3,(H,11,12,13);1H. The summed E-state index contributed by atoms with van der Waals surface area (Å²) in [6, 6.07) is 0.364. The van der Waals surface area contributed by atoms with Gasteiger partial charge in [0.05, 0.1) is 6.04 Å². The van der Waals surface area contributed by atoms with Gasteiger partial charge in [0, 0.05) is 11.6 Å². The summed E-state index contributed by atoms with van der Waals surface area (Å²) in [4.78, 5) is 7.34. The van der Waals surface area contributed by atoms with Crippen molar-refractivity contribution in [2.45, 2.75) is 26.3 Å². The fourth-order valence-corrected chi connectivity index (χ4v) is 1.90. The number of halogens is 2. The normalized spacial score (nSPS) is 11.9. The molecule has 0 aromatic heterocycles. The van der Waals surface area contributed by atoms with Crippen LogP contribution < -0.4 is 33.2 Å². The Balaban J connectivity index is 0. The second-order valence-corrected chi connectivity index (χ2v) is 4.38. The van der Waals surface area contributed by atoms with E-state index in [-0.39, 0.29) is 17.0 Å². The zero-order valence-electron chi connectivity index (χ0n) is 8.96. The Labute approximate surface area is 111 Å². The molecule has 0 amide bonds. The van der Waals surface area contributed by atoms with Gasteiger partial charge in [0.15, 0.2) is 0 Å². The number of nitrogens with zero attached hydrogens (tertiary/aromatic N) is 1. The van der Waals surface area contributed by atoms with E-state index in [9.17, 15) is 0 Å². The lowest BCUT2D eigenvalue weighted by atomic mass is 10.4. The van der Waals surface area contributed by atoms with Gasteiger partial charge in [-0.05, 0) is 37.0 Å². The monoisotopic (exact) mass is 316 g/mol. The van der Waals surface area contributed by atoms with E-state index in [1.54, 1.807) is 11.8 Å². The van der Waals surface area contributed by atoms with Crippen molar-refractivity contribution >= 4 is 34.9 Å². The van der Waals surface area contributed by atoms with Crippen LogP contribution in [-0.4, -0.2) is 29.2 Å². The third-order valence-corrected chi connectivity index (χ3v) is 2.44. The van der Waals surface area contributed by atoms with Crippen molar-refractivity contribution in [1.29, 1.82) is 0 Å². The second kappa shape index (κ2) is 12.3. The lowest BCUT2D eigenvalue weighted by Crippen LogP contribution is -3.00. The van der Waals surface area contributed by atoms with E-state index in [1.165, 1.54) is 6.34 Å². The first kappa shape index (κ1) is 17.6. The molecule has 0 unspecified atom stereocenters. The predicted molar refractivity (Wildman–Crippen MR) is 64.7 cm³/mol. The number of nitrogens with one attached hydrogen (secondary N) is 2. The molecule has 0 spiro atoms. The molecule has 0 aliphatic heterocycles. The minimum Gasteiger partial charge on any atom is -1.00 e. The molecule has 0 bridgehead atoms. The highest BCUT2D eigenvalue weighted by molar-refractivity contribution is 8.13. The Kier molecular flexibility index (Phi) is 14.4. The molecule has 0 atom stereocenters.